The molecule has 0 atom stereocenters. The Morgan fingerprint density at radius 2 is 2.29 bits per heavy atom. The lowest BCUT2D eigenvalue weighted by atomic mass is 10.2. The van der Waals surface area contributed by atoms with E-state index in [9.17, 15) is 4.79 Å². The molecule has 0 radical (unpaired) electrons. The van der Waals surface area contributed by atoms with E-state index in [1.54, 1.807) is 0 Å². The maximum Gasteiger partial charge on any atom is 0.216 e. The average molecular weight is 229 g/mol. The molecule has 0 fully saturated rings. The number of carbonyl (C=O) groups is 1. The minimum absolute atomic E-state index is 0.00499. The molecule has 0 aliphatic heterocycles. The summed E-state index contributed by atoms with van der Waals surface area (Å²) in [7, 11) is 0. The summed E-state index contributed by atoms with van der Waals surface area (Å²) in [6, 6.07) is 7.97. The van der Waals surface area contributed by atoms with E-state index >= 15 is 0 Å². The topological polar surface area (TPSA) is 57.8 Å². The molecule has 2 rings (SSSR count). The Labute approximate surface area is 99.7 Å². The number of hydrogen-bond acceptors (Lipinski definition) is 2. The SMILES string of the molecule is CC(=O)NCCC=Cc1[nH]nc2ccccc12. The van der Waals surface area contributed by atoms with E-state index in [0.717, 1.165) is 23.0 Å². The van der Waals surface area contributed by atoms with Gasteiger partial charge in [-0.15, -0.1) is 0 Å². The van der Waals surface area contributed by atoms with Gasteiger partial charge in [0.15, 0.2) is 0 Å². The van der Waals surface area contributed by atoms with Crippen LogP contribution in [-0.2, 0) is 4.79 Å². The molecular weight excluding hydrogens is 214 g/mol. The maximum atomic E-state index is 10.7. The highest BCUT2D eigenvalue weighted by Crippen LogP contribution is 2.16. The predicted octanol–water partition coefficient (Wildman–Crippen LogP) is 2.10. The van der Waals surface area contributed by atoms with Crippen molar-refractivity contribution in [1.29, 1.82) is 0 Å². The van der Waals surface area contributed by atoms with Crippen LogP contribution in [0.2, 0.25) is 0 Å². The van der Waals surface area contributed by atoms with Crippen molar-refractivity contribution >= 4 is 22.9 Å². The number of benzene rings is 1. The first kappa shape index (κ1) is 11.4. The number of hydrogen-bond donors (Lipinski definition) is 2. The molecule has 4 heteroatoms. The van der Waals surface area contributed by atoms with Crippen LogP contribution in [0.1, 0.15) is 19.0 Å². The molecule has 1 aromatic heterocycles. The van der Waals surface area contributed by atoms with Gasteiger partial charge in [-0.05, 0) is 18.6 Å². The predicted molar refractivity (Wildman–Crippen MR) is 68.4 cm³/mol. The third kappa shape index (κ3) is 2.93. The van der Waals surface area contributed by atoms with Crippen molar-refractivity contribution < 1.29 is 4.79 Å². The van der Waals surface area contributed by atoms with Crippen LogP contribution in [0.3, 0.4) is 0 Å². The highest BCUT2D eigenvalue weighted by Gasteiger charge is 1.99. The van der Waals surface area contributed by atoms with Crippen LogP contribution in [0.25, 0.3) is 17.0 Å². The van der Waals surface area contributed by atoms with Crippen LogP contribution in [-0.4, -0.2) is 22.6 Å². The van der Waals surface area contributed by atoms with Crippen molar-refractivity contribution in [3.8, 4) is 0 Å². The molecule has 1 amide bonds. The second-order valence-corrected chi connectivity index (χ2v) is 3.83. The van der Waals surface area contributed by atoms with Gasteiger partial charge in [-0.3, -0.25) is 9.89 Å². The minimum Gasteiger partial charge on any atom is -0.356 e. The molecule has 0 aliphatic rings. The van der Waals surface area contributed by atoms with Crippen LogP contribution in [0, 0.1) is 0 Å². The summed E-state index contributed by atoms with van der Waals surface area (Å²) in [6.07, 6.45) is 4.83. The summed E-state index contributed by atoms with van der Waals surface area (Å²) in [6.45, 7) is 2.18. The number of carbonyl (C=O) groups excluding carboxylic acids is 1. The zero-order chi connectivity index (χ0) is 12.1. The first-order chi connectivity index (χ1) is 8.27. The van der Waals surface area contributed by atoms with Gasteiger partial charge in [-0.2, -0.15) is 5.10 Å². The standard InChI is InChI=1S/C13H15N3O/c1-10(17)14-9-5-4-8-13-11-6-2-3-7-12(11)15-16-13/h2-4,6-8H,5,9H2,1H3,(H,14,17)(H,15,16). The van der Waals surface area contributed by atoms with Crippen molar-refractivity contribution in [1.82, 2.24) is 15.5 Å². The monoisotopic (exact) mass is 229 g/mol. The maximum absolute atomic E-state index is 10.7. The third-order valence-corrected chi connectivity index (χ3v) is 2.46. The highest BCUT2D eigenvalue weighted by atomic mass is 16.1. The van der Waals surface area contributed by atoms with Gasteiger partial charge in [0.25, 0.3) is 0 Å². The molecule has 2 N–H and O–H groups in total. The van der Waals surface area contributed by atoms with E-state index in [4.69, 9.17) is 0 Å². The molecule has 2 aromatic rings. The summed E-state index contributed by atoms with van der Waals surface area (Å²) >= 11 is 0. The van der Waals surface area contributed by atoms with Crippen LogP contribution in [0.15, 0.2) is 30.3 Å². The first-order valence-electron chi connectivity index (χ1n) is 5.61. The van der Waals surface area contributed by atoms with Gasteiger partial charge in [0.1, 0.15) is 0 Å². The van der Waals surface area contributed by atoms with Gasteiger partial charge in [0.2, 0.25) is 5.91 Å². The lowest BCUT2D eigenvalue weighted by molar-refractivity contribution is -0.118. The molecule has 0 saturated carbocycles. The van der Waals surface area contributed by atoms with Crippen molar-refractivity contribution in [2.45, 2.75) is 13.3 Å². The fourth-order valence-electron chi connectivity index (χ4n) is 1.64. The van der Waals surface area contributed by atoms with Crippen LogP contribution >= 0.6 is 0 Å². The molecule has 1 aromatic carbocycles. The van der Waals surface area contributed by atoms with Gasteiger partial charge < -0.3 is 5.32 Å². The van der Waals surface area contributed by atoms with Crippen molar-refractivity contribution in [2.75, 3.05) is 6.54 Å². The first-order valence-corrected chi connectivity index (χ1v) is 5.61. The van der Waals surface area contributed by atoms with Crippen molar-refractivity contribution in [3.05, 3.63) is 36.0 Å². The normalized spacial score (nSPS) is 11.1. The van der Waals surface area contributed by atoms with E-state index in [1.165, 1.54) is 6.92 Å². The lowest BCUT2D eigenvalue weighted by Crippen LogP contribution is -2.20. The van der Waals surface area contributed by atoms with E-state index in [1.807, 2.05) is 36.4 Å². The largest absolute Gasteiger partial charge is 0.356 e. The number of para-hydroxylation sites is 1. The molecule has 1 heterocycles. The molecule has 88 valence electrons. The second-order valence-electron chi connectivity index (χ2n) is 3.83. The molecule has 0 bridgehead atoms. The summed E-state index contributed by atoms with van der Waals surface area (Å²) < 4.78 is 0. The minimum atomic E-state index is 0.00499. The number of fused-ring (bicyclic) bond motifs is 1. The Morgan fingerprint density at radius 3 is 3.12 bits per heavy atom. The second kappa shape index (κ2) is 5.30. The van der Waals surface area contributed by atoms with Gasteiger partial charge in [-0.25, -0.2) is 0 Å². The molecule has 17 heavy (non-hydrogen) atoms. The summed E-state index contributed by atoms with van der Waals surface area (Å²) in [5, 5.41) is 11.0. The summed E-state index contributed by atoms with van der Waals surface area (Å²) in [4.78, 5) is 10.7. The summed E-state index contributed by atoms with van der Waals surface area (Å²) in [5.41, 5.74) is 1.97. The highest BCUT2D eigenvalue weighted by molar-refractivity contribution is 5.86. The lowest BCUT2D eigenvalue weighted by Gasteiger charge is -1.96. The Balaban J connectivity index is 1.98. The Bertz CT molecular complexity index is 542. The number of amides is 1. The van der Waals surface area contributed by atoms with Crippen LogP contribution in [0.4, 0.5) is 0 Å². The van der Waals surface area contributed by atoms with Crippen LogP contribution < -0.4 is 5.32 Å². The molecule has 4 nitrogen and oxygen atoms in total. The molecule has 0 unspecified atom stereocenters. The van der Waals surface area contributed by atoms with E-state index in [0.29, 0.717) is 6.54 Å². The van der Waals surface area contributed by atoms with E-state index in [-0.39, 0.29) is 5.91 Å². The number of nitrogens with zero attached hydrogens (tertiary/aromatic N) is 1. The van der Waals surface area contributed by atoms with Gasteiger partial charge >= 0.3 is 0 Å². The quantitative estimate of drug-likeness (QED) is 0.789. The van der Waals surface area contributed by atoms with Gasteiger partial charge in [0, 0.05) is 18.9 Å². The molecular formula is C13H15N3O. The van der Waals surface area contributed by atoms with E-state index < -0.39 is 0 Å². The Hall–Kier alpha value is -2.10. The zero-order valence-electron chi connectivity index (χ0n) is 9.73. The number of rotatable bonds is 4. The molecule has 0 spiro atoms. The van der Waals surface area contributed by atoms with Crippen molar-refractivity contribution in [2.24, 2.45) is 0 Å². The van der Waals surface area contributed by atoms with Gasteiger partial charge in [-0.1, -0.05) is 24.3 Å². The average Bonchev–Trinajstić information content (AvgIpc) is 2.72. The fourth-order valence-corrected chi connectivity index (χ4v) is 1.64. The fraction of sp³-hybridized carbons (Fsp3) is 0.231. The smallest absolute Gasteiger partial charge is 0.216 e. The Morgan fingerprint density at radius 1 is 1.47 bits per heavy atom. The van der Waals surface area contributed by atoms with Crippen LogP contribution in [0.5, 0.6) is 0 Å². The van der Waals surface area contributed by atoms with Gasteiger partial charge in [0.05, 0.1) is 11.2 Å². The molecule has 0 saturated heterocycles. The van der Waals surface area contributed by atoms with Crippen molar-refractivity contribution in [3.63, 3.8) is 0 Å². The third-order valence-electron chi connectivity index (χ3n) is 2.46. The molecule has 0 aliphatic carbocycles. The summed E-state index contributed by atoms with van der Waals surface area (Å²) in [5.74, 6) is 0.00499. The zero-order valence-corrected chi connectivity index (χ0v) is 9.73. The Kier molecular flexibility index (Phi) is 3.55. The number of aromatic nitrogens is 2. The number of nitrogens with one attached hydrogen (secondary N) is 2. The number of aromatic amines is 1. The van der Waals surface area contributed by atoms with E-state index in [2.05, 4.69) is 15.5 Å². The number of H-pyrrole nitrogens is 1.